The van der Waals surface area contributed by atoms with Crippen LogP contribution in [0.3, 0.4) is 0 Å². The number of carbonyl (C=O) groups excluding carboxylic acids is 2. The second kappa shape index (κ2) is 8.11. The van der Waals surface area contributed by atoms with Crippen LogP contribution >= 0.6 is 34.5 Å². The molecular weight excluding hydrogens is 426 g/mol. The Bertz CT molecular complexity index is 929. The van der Waals surface area contributed by atoms with E-state index >= 15 is 0 Å². The number of esters is 1. The van der Waals surface area contributed by atoms with Crippen molar-refractivity contribution < 1.29 is 23.8 Å². The lowest BCUT2D eigenvalue weighted by Crippen LogP contribution is -2.25. The van der Waals surface area contributed by atoms with Crippen LogP contribution in [0, 0.1) is 5.82 Å². The Kier molecular flexibility index (Phi) is 6.15. The number of fused-ring (bicyclic) bond motifs is 1. The Morgan fingerprint density at radius 3 is 2.25 bits per heavy atom. The fourth-order valence-electron chi connectivity index (χ4n) is 3.48. The summed E-state index contributed by atoms with van der Waals surface area (Å²) in [4.78, 5) is 26.0. The van der Waals surface area contributed by atoms with Gasteiger partial charge in [-0.05, 0) is 61.4 Å². The van der Waals surface area contributed by atoms with Gasteiger partial charge in [0.15, 0.2) is 11.6 Å². The molecule has 1 heterocycles. The first-order chi connectivity index (χ1) is 13.2. The molecule has 0 radical (unpaired) electrons. The largest absolute Gasteiger partial charge is 0.465 e. The van der Waals surface area contributed by atoms with Gasteiger partial charge in [-0.2, -0.15) is 0 Å². The van der Waals surface area contributed by atoms with E-state index in [2.05, 4.69) is 0 Å². The summed E-state index contributed by atoms with van der Waals surface area (Å²) in [5.41, 5.74) is 0.386. The number of hydrogen-bond donors (Lipinski definition) is 1. The average Bonchev–Trinajstić information content (AvgIpc) is 3.04. The van der Waals surface area contributed by atoms with E-state index in [0.29, 0.717) is 16.2 Å². The lowest BCUT2D eigenvalue weighted by molar-refractivity contribution is 0.0432. The third-order valence-electron chi connectivity index (χ3n) is 4.95. The fraction of sp³-hybridized carbons (Fsp3) is 0.400. The van der Waals surface area contributed by atoms with E-state index in [4.69, 9.17) is 27.9 Å². The van der Waals surface area contributed by atoms with E-state index in [1.807, 2.05) is 0 Å². The molecule has 0 bridgehead atoms. The topological polar surface area (TPSA) is 63.6 Å². The summed E-state index contributed by atoms with van der Waals surface area (Å²) >= 11 is 12.8. The van der Waals surface area contributed by atoms with Gasteiger partial charge in [0.05, 0.1) is 27.6 Å². The zero-order valence-corrected chi connectivity index (χ0v) is 17.7. The molecule has 1 aliphatic carbocycles. The molecule has 1 aliphatic rings. The highest BCUT2D eigenvalue weighted by Crippen LogP contribution is 2.38. The number of halogens is 3. The van der Waals surface area contributed by atoms with Gasteiger partial charge in [-0.1, -0.05) is 23.2 Å². The van der Waals surface area contributed by atoms with Crippen LogP contribution in [-0.4, -0.2) is 24.0 Å². The minimum Gasteiger partial charge on any atom is -0.465 e. The summed E-state index contributed by atoms with van der Waals surface area (Å²) in [7, 11) is 1.31. The van der Waals surface area contributed by atoms with E-state index in [1.165, 1.54) is 26.2 Å². The predicted molar refractivity (Wildman–Crippen MR) is 107 cm³/mol. The number of Topliss-reactive ketones (excluding diaryl/α,β-unsaturated/α-hetero) is 1. The maximum Gasteiger partial charge on any atom is 0.348 e. The van der Waals surface area contributed by atoms with Crippen LogP contribution in [0.4, 0.5) is 4.39 Å². The quantitative estimate of drug-likeness (QED) is 0.384. The second-order valence-electron chi connectivity index (χ2n) is 7.04. The molecule has 2 aromatic rings. The number of hydrogen-bond acceptors (Lipinski definition) is 5. The second-order valence-corrected chi connectivity index (χ2v) is 8.88. The number of benzene rings is 1. The van der Waals surface area contributed by atoms with Crippen molar-refractivity contribution in [3.63, 3.8) is 0 Å². The highest BCUT2D eigenvalue weighted by Gasteiger charge is 2.33. The first kappa shape index (κ1) is 21.2. The molecule has 3 rings (SSSR count). The summed E-state index contributed by atoms with van der Waals surface area (Å²) in [5, 5.41) is 10.4. The maximum absolute atomic E-state index is 13.7. The van der Waals surface area contributed by atoms with Crippen molar-refractivity contribution in [1.82, 2.24) is 0 Å². The van der Waals surface area contributed by atoms with Crippen molar-refractivity contribution in [3.8, 4) is 0 Å². The molecule has 0 amide bonds. The molecule has 0 fully saturated rings. The van der Waals surface area contributed by atoms with Gasteiger partial charge < -0.3 is 9.84 Å². The average molecular weight is 445 g/mol. The number of methoxy groups -OCH3 is 1. The third-order valence-corrected chi connectivity index (χ3v) is 6.80. The summed E-state index contributed by atoms with van der Waals surface area (Å²) in [6.45, 7) is 1.45. The summed E-state index contributed by atoms with van der Waals surface area (Å²) in [5.74, 6) is -1.52. The van der Waals surface area contributed by atoms with Gasteiger partial charge >= 0.3 is 5.97 Å². The van der Waals surface area contributed by atoms with E-state index in [0.717, 1.165) is 41.7 Å². The van der Waals surface area contributed by atoms with Crippen LogP contribution in [0.15, 0.2) is 12.1 Å². The van der Waals surface area contributed by atoms with Crippen molar-refractivity contribution in [2.45, 2.75) is 44.6 Å². The normalized spacial score (nSPS) is 15.6. The summed E-state index contributed by atoms with van der Waals surface area (Å²) in [6.07, 6.45) is 3.07. The van der Waals surface area contributed by atoms with Crippen LogP contribution in [0.25, 0.3) is 0 Å². The standard InChI is InChI=1S/C20H19Cl2FO4S/c1-20(26,10-7-13(21)16(23)14(22)8-10)9-15(24)17-11-5-3-4-6-12(11)18(28-17)19(25)27-2/h7-8,26H,3-6,9H2,1-2H3. The third kappa shape index (κ3) is 3.96. The van der Waals surface area contributed by atoms with Crippen molar-refractivity contribution in [1.29, 1.82) is 0 Å². The number of carbonyl (C=O) groups is 2. The molecule has 28 heavy (non-hydrogen) atoms. The lowest BCUT2D eigenvalue weighted by Gasteiger charge is -2.24. The van der Waals surface area contributed by atoms with E-state index < -0.39 is 17.4 Å². The highest BCUT2D eigenvalue weighted by atomic mass is 35.5. The molecule has 1 N–H and O–H groups in total. The molecule has 4 nitrogen and oxygen atoms in total. The Balaban J connectivity index is 1.94. The highest BCUT2D eigenvalue weighted by molar-refractivity contribution is 7.16. The van der Waals surface area contributed by atoms with Gasteiger partial charge in [0.1, 0.15) is 4.88 Å². The molecule has 1 unspecified atom stereocenters. The first-order valence-corrected chi connectivity index (χ1v) is 10.4. The Morgan fingerprint density at radius 2 is 1.71 bits per heavy atom. The van der Waals surface area contributed by atoms with Gasteiger partial charge in [-0.3, -0.25) is 4.79 Å². The smallest absolute Gasteiger partial charge is 0.348 e. The fourth-order valence-corrected chi connectivity index (χ4v) is 5.22. The molecule has 1 aromatic heterocycles. The molecule has 0 aliphatic heterocycles. The van der Waals surface area contributed by atoms with Crippen LogP contribution in [0.2, 0.25) is 10.0 Å². The molecule has 150 valence electrons. The van der Waals surface area contributed by atoms with Gasteiger partial charge in [0.25, 0.3) is 0 Å². The minimum atomic E-state index is -1.60. The Labute approximate surface area is 176 Å². The lowest BCUT2D eigenvalue weighted by atomic mass is 9.87. The van der Waals surface area contributed by atoms with Crippen molar-refractivity contribution in [2.24, 2.45) is 0 Å². The number of rotatable bonds is 5. The minimum absolute atomic E-state index is 0.225. The van der Waals surface area contributed by atoms with Crippen molar-refractivity contribution >= 4 is 46.3 Å². The Morgan fingerprint density at radius 1 is 1.18 bits per heavy atom. The SMILES string of the molecule is COC(=O)c1sc(C(=O)CC(C)(O)c2cc(Cl)c(F)c(Cl)c2)c2c1CCCC2. The first-order valence-electron chi connectivity index (χ1n) is 8.79. The molecular formula is C20H19Cl2FO4S. The van der Waals surface area contributed by atoms with Gasteiger partial charge in [0.2, 0.25) is 0 Å². The monoisotopic (exact) mass is 444 g/mol. The Hall–Kier alpha value is -1.47. The van der Waals surface area contributed by atoms with E-state index in [9.17, 15) is 19.1 Å². The molecule has 1 aromatic carbocycles. The summed E-state index contributed by atoms with van der Waals surface area (Å²) < 4.78 is 18.5. The van der Waals surface area contributed by atoms with Crippen LogP contribution in [0.5, 0.6) is 0 Å². The number of aliphatic hydroxyl groups is 1. The maximum atomic E-state index is 13.7. The zero-order valence-electron chi connectivity index (χ0n) is 15.4. The van der Waals surface area contributed by atoms with E-state index in [-0.39, 0.29) is 27.8 Å². The van der Waals surface area contributed by atoms with Crippen LogP contribution in [0.1, 0.15) is 62.2 Å². The number of ketones is 1. The van der Waals surface area contributed by atoms with Crippen LogP contribution in [-0.2, 0) is 23.2 Å². The van der Waals surface area contributed by atoms with Gasteiger partial charge in [-0.25, -0.2) is 9.18 Å². The van der Waals surface area contributed by atoms with Crippen molar-refractivity contribution in [2.75, 3.05) is 7.11 Å². The zero-order chi connectivity index (χ0) is 20.6. The molecule has 1 atom stereocenters. The van der Waals surface area contributed by atoms with Crippen molar-refractivity contribution in [3.05, 3.63) is 54.4 Å². The molecule has 0 spiro atoms. The molecule has 8 heteroatoms. The molecule has 0 saturated heterocycles. The van der Waals surface area contributed by atoms with E-state index in [1.54, 1.807) is 0 Å². The molecule has 0 saturated carbocycles. The summed E-state index contributed by atoms with van der Waals surface area (Å²) in [6, 6.07) is 2.53. The van der Waals surface area contributed by atoms with Crippen LogP contribution < -0.4 is 0 Å². The predicted octanol–water partition coefficient (Wildman–Crippen LogP) is 5.34. The number of thiophene rings is 1. The van der Waals surface area contributed by atoms with Gasteiger partial charge in [-0.15, -0.1) is 11.3 Å². The van der Waals surface area contributed by atoms with Gasteiger partial charge in [0, 0.05) is 6.42 Å². The number of ether oxygens (including phenoxy) is 1.